The van der Waals surface area contributed by atoms with Crippen molar-refractivity contribution in [3.05, 3.63) is 77.1 Å². The van der Waals surface area contributed by atoms with E-state index >= 15 is 0 Å². The number of aryl methyl sites for hydroxylation is 1. The summed E-state index contributed by atoms with van der Waals surface area (Å²) >= 11 is 0. The SMILES string of the molecule is CCCNC(=O)c1ccc(NC(c2cn(-c3ccc(C(F)(F)F)cc3)nc2C)C2CCCCC2)cc1. The highest BCUT2D eigenvalue weighted by Gasteiger charge is 2.31. The number of alkyl halides is 3. The molecule has 0 spiro atoms. The first kappa shape index (κ1) is 25.8. The number of carbonyl (C=O) groups excluding carboxylic acids is 1. The number of nitrogens with one attached hydrogen (secondary N) is 2. The van der Waals surface area contributed by atoms with Crippen molar-refractivity contribution in [2.24, 2.45) is 5.92 Å². The number of hydrogen-bond acceptors (Lipinski definition) is 3. The Bertz CT molecular complexity index is 1150. The van der Waals surface area contributed by atoms with Gasteiger partial charge in [-0.05, 0) is 80.6 Å². The van der Waals surface area contributed by atoms with E-state index < -0.39 is 11.7 Å². The normalized spacial score (nSPS) is 15.5. The Balaban J connectivity index is 1.59. The molecule has 1 aliphatic rings. The monoisotopic (exact) mass is 498 g/mol. The van der Waals surface area contributed by atoms with Gasteiger partial charge in [-0.15, -0.1) is 0 Å². The molecule has 1 heterocycles. The average molecular weight is 499 g/mol. The average Bonchev–Trinajstić information content (AvgIpc) is 3.27. The van der Waals surface area contributed by atoms with Gasteiger partial charge in [-0.2, -0.15) is 18.3 Å². The Morgan fingerprint density at radius 3 is 2.33 bits per heavy atom. The fourth-order valence-corrected chi connectivity index (χ4v) is 4.87. The van der Waals surface area contributed by atoms with Crippen LogP contribution in [0.2, 0.25) is 0 Å². The number of benzene rings is 2. The highest BCUT2D eigenvalue weighted by molar-refractivity contribution is 5.94. The zero-order valence-corrected chi connectivity index (χ0v) is 20.7. The molecule has 1 fully saturated rings. The van der Waals surface area contributed by atoms with E-state index in [-0.39, 0.29) is 11.9 Å². The summed E-state index contributed by atoms with van der Waals surface area (Å²) in [7, 11) is 0. The first-order valence-corrected chi connectivity index (χ1v) is 12.6. The maximum atomic E-state index is 13.0. The van der Waals surface area contributed by atoms with Crippen LogP contribution in [0.15, 0.2) is 54.7 Å². The van der Waals surface area contributed by atoms with Crippen LogP contribution in [0.4, 0.5) is 18.9 Å². The van der Waals surface area contributed by atoms with Crippen molar-refractivity contribution < 1.29 is 18.0 Å². The van der Waals surface area contributed by atoms with Crippen molar-refractivity contribution in [3.63, 3.8) is 0 Å². The Kier molecular flexibility index (Phi) is 8.01. The van der Waals surface area contributed by atoms with E-state index in [0.29, 0.717) is 23.7 Å². The Morgan fingerprint density at radius 2 is 1.72 bits per heavy atom. The topological polar surface area (TPSA) is 59.0 Å². The zero-order valence-electron chi connectivity index (χ0n) is 20.7. The van der Waals surface area contributed by atoms with E-state index in [0.717, 1.165) is 48.3 Å². The lowest BCUT2D eigenvalue weighted by Gasteiger charge is -2.31. The molecule has 8 heteroatoms. The van der Waals surface area contributed by atoms with E-state index in [2.05, 4.69) is 15.7 Å². The van der Waals surface area contributed by atoms with Crippen molar-refractivity contribution >= 4 is 11.6 Å². The number of hydrogen-bond donors (Lipinski definition) is 2. The Morgan fingerprint density at radius 1 is 1.06 bits per heavy atom. The van der Waals surface area contributed by atoms with Gasteiger partial charge in [0.05, 0.1) is 23.0 Å². The second kappa shape index (κ2) is 11.2. The molecule has 0 aliphatic heterocycles. The van der Waals surface area contributed by atoms with Gasteiger partial charge in [-0.25, -0.2) is 4.68 Å². The van der Waals surface area contributed by atoms with Gasteiger partial charge >= 0.3 is 6.18 Å². The maximum absolute atomic E-state index is 13.0. The lowest BCUT2D eigenvalue weighted by Crippen LogP contribution is -2.24. The molecule has 1 aromatic heterocycles. The molecule has 0 bridgehead atoms. The third-order valence-corrected chi connectivity index (χ3v) is 6.86. The molecule has 0 radical (unpaired) electrons. The van der Waals surface area contributed by atoms with Gasteiger partial charge < -0.3 is 10.6 Å². The van der Waals surface area contributed by atoms with Gasteiger partial charge in [0.25, 0.3) is 5.91 Å². The van der Waals surface area contributed by atoms with Gasteiger partial charge in [0.1, 0.15) is 0 Å². The summed E-state index contributed by atoms with van der Waals surface area (Å²) in [4.78, 5) is 12.3. The highest BCUT2D eigenvalue weighted by atomic mass is 19.4. The summed E-state index contributed by atoms with van der Waals surface area (Å²) in [5, 5.41) is 11.2. The second-order valence-electron chi connectivity index (χ2n) is 9.51. The zero-order chi connectivity index (χ0) is 25.7. The number of anilines is 1. The summed E-state index contributed by atoms with van der Waals surface area (Å²) in [5.41, 5.74) is 3.32. The van der Waals surface area contributed by atoms with Gasteiger partial charge in [0, 0.05) is 29.6 Å². The quantitative estimate of drug-likeness (QED) is 0.349. The fraction of sp³-hybridized carbons (Fsp3) is 0.429. The molecule has 2 aromatic carbocycles. The van der Waals surface area contributed by atoms with Crippen LogP contribution >= 0.6 is 0 Å². The van der Waals surface area contributed by atoms with Gasteiger partial charge in [0.15, 0.2) is 0 Å². The van der Waals surface area contributed by atoms with Crippen LogP contribution in [0.5, 0.6) is 0 Å². The molecule has 1 amide bonds. The van der Waals surface area contributed by atoms with E-state index in [1.807, 2.05) is 44.3 Å². The molecule has 1 saturated carbocycles. The lowest BCUT2D eigenvalue weighted by molar-refractivity contribution is -0.137. The number of carbonyl (C=O) groups is 1. The predicted octanol–water partition coefficient (Wildman–Crippen LogP) is 7.07. The molecular formula is C28H33F3N4O. The van der Waals surface area contributed by atoms with Crippen molar-refractivity contribution in [3.8, 4) is 5.69 Å². The third-order valence-electron chi connectivity index (χ3n) is 6.86. The third kappa shape index (κ3) is 6.09. The van der Waals surface area contributed by atoms with Crippen LogP contribution in [0.3, 0.4) is 0 Å². The molecule has 1 unspecified atom stereocenters. The van der Waals surface area contributed by atoms with Crippen molar-refractivity contribution in [1.82, 2.24) is 15.1 Å². The summed E-state index contributed by atoms with van der Waals surface area (Å²) in [6.07, 6.45) is 4.21. The van der Waals surface area contributed by atoms with Gasteiger partial charge in [-0.1, -0.05) is 26.2 Å². The molecule has 5 nitrogen and oxygen atoms in total. The molecule has 1 atom stereocenters. The van der Waals surface area contributed by atoms with Crippen LogP contribution < -0.4 is 10.6 Å². The molecule has 192 valence electrons. The largest absolute Gasteiger partial charge is 0.416 e. The molecule has 0 saturated heterocycles. The number of nitrogens with zero attached hydrogens (tertiary/aromatic N) is 2. The van der Waals surface area contributed by atoms with Crippen molar-refractivity contribution in [2.75, 3.05) is 11.9 Å². The summed E-state index contributed by atoms with van der Waals surface area (Å²) < 4.78 is 40.6. The van der Waals surface area contributed by atoms with E-state index in [1.54, 1.807) is 4.68 Å². The minimum Gasteiger partial charge on any atom is -0.378 e. The number of aromatic nitrogens is 2. The lowest BCUT2D eigenvalue weighted by atomic mass is 9.81. The molecule has 4 rings (SSSR count). The number of amides is 1. The minimum absolute atomic E-state index is 0.00765. The van der Waals surface area contributed by atoms with Crippen LogP contribution in [0.1, 0.15) is 78.7 Å². The smallest absolute Gasteiger partial charge is 0.378 e. The second-order valence-corrected chi connectivity index (χ2v) is 9.51. The first-order valence-electron chi connectivity index (χ1n) is 12.6. The van der Waals surface area contributed by atoms with Crippen molar-refractivity contribution in [2.45, 2.75) is 64.6 Å². The molecule has 1 aliphatic carbocycles. The highest BCUT2D eigenvalue weighted by Crippen LogP contribution is 2.38. The predicted molar refractivity (Wildman–Crippen MR) is 135 cm³/mol. The molecular weight excluding hydrogens is 465 g/mol. The standard InChI is InChI=1S/C28H33F3N4O/c1-3-17-32-27(36)21-9-13-23(14-10-21)33-26(20-7-5-4-6-8-20)25-18-35(34-19(25)2)24-15-11-22(12-16-24)28(29,30)31/h9-16,18,20,26,33H,3-8,17H2,1-2H3,(H,32,36). The summed E-state index contributed by atoms with van der Waals surface area (Å²) in [6.45, 7) is 4.60. The van der Waals surface area contributed by atoms with Crippen LogP contribution in [-0.4, -0.2) is 22.2 Å². The Hall–Kier alpha value is -3.29. The first-order chi connectivity index (χ1) is 17.3. The van der Waals surface area contributed by atoms with Crippen LogP contribution in [0, 0.1) is 12.8 Å². The fourth-order valence-electron chi connectivity index (χ4n) is 4.87. The molecule has 2 N–H and O–H groups in total. The number of rotatable bonds is 8. The van der Waals surface area contributed by atoms with Crippen LogP contribution in [-0.2, 0) is 6.18 Å². The van der Waals surface area contributed by atoms with Gasteiger partial charge in [0.2, 0.25) is 0 Å². The van der Waals surface area contributed by atoms with E-state index in [4.69, 9.17) is 0 Å². The summed E-state index contributed by atoms with van der Waals surface area (Å²) in [5.74, 6) is 0.330. The van der Waals surface area contributed by atoms with E-state index in [1.165, 1.54) is 31.4 Å². The van der Waals surface area contributed by atoms with Crippen LogP contribution in [0.25, 0.3) is 5.69 Å². The van der Waals surface area contributed by atoms with E-state index in [9.17, 15) is 18.0 Å². The van der Waals surface area contributed by atoms with Gasteiger partial charge in [-0.3, -0.25) is 4.79 Å². The Labute approximate surface area is 210 Å². The molecule has 3 aromatic rings. The number of halogens is 3. The maximum Gasteiger partial charge on any atom is 0.416 e. The van der Waals surface area contributed by atoms with Crippen molar-refractivity contribution in [1.29, 1.82) is 0 Å². The minimum atomic E-state index is -4.37. The summed E-state index contributed by atoms with van der Waals surface area (Å²) in [6, 6.07) is 12.6. The molecule has 36 heavy (non-hydrogen) atoms.